The Morgan fingerprint density at radius 1 is 1.55 bits per heavy atom. The topological polar surface area (TPSA) is 50.4 Å². The molecule has 2 aliphatic rings. The van der Waals surface area contributed by atoms with E-state index in [9.17, 15) is 4.79 Å². The van der Waals surface area contributed by atoms with Gasteiger partial charge in [0, 0.05) is 6.54 Å². The van der Waals surface area contributed by atoms with Gasteiger partial charge < -0.3 is 15.4 Å². The molecular weight excluding hydrogens is 168 g/mol. The van der Waals surface area contributed by atoms with Gasteiger partial charge in [-0.15, -0.1) is 12.4 Å². The molecule has 0 spiro atoms. The number of nitrogens with one attached hydrogen (secondary N) is 2. The summed E-state index contributed by atoms with van der Waals surface area (Å²) < 4.78 is 4.95. The van der Waals surface area contributed by atoms with Crippen molar-refractivity contribution in [2.45, 2.75) is 18.6 Å². The highest BCUT2D eigenvalue weighted by Crippen LogP contribution is 2.13. The number of halogens is 1. The van der Waals surface area contributed by atoms with Crippen LogP contribution in [0.25, 0.3) is 0 Å². The zero-order chi connectivity index (χ0) is 6.97. The summed E-state index contributed by atoms with van der Waals surface area (Å²) in [5, 5.41) is 5.91. The van der Waals surface area contributed by atoms with Crippen molar-refractivity contribution < 1.29 is 9.53 Å². The molecule has 0 aromatic rings. The molecule has 2 unspecified atom stereocenters. The highest BCUT2D eigenvalue weighted by molar-refractivity contribution is 5.85. The van der Waals surface area contributed by atoms with Crippen LogP contribution in [0.4, 0.5) is 4.79 Å². The maximum absolute atomic E-state index is 10.6. The van der Waals surface area contributed by atoms with Crippen molar-refractivity contribution in [2.75, 3.05) is 13.1 Å². The van der Waals surface area contributed by atoms with Crippen LogP contribution in [-0.4, -0.2) is 31.3 Å². The van der Waals surface area contributed by atoms with Crippen LogP contribution in [-0.2, 0) is 4.74 Å². The van der Waals surface area contributed by atoms with Gasteiger partial charge in [-0.3, -0.25) is 0 Å². The molecule has 2 atom stereocenters. The molecule has 4 nitrogen and oxygen atoms in total. The van der Waals surface area contributed by atoms with Crippen LogP contribution in [0.3, 0.4) is 0 Å². The fourth-order valence-corrected chi connectivity index (χ4v) is 1.44. The molecule has 0 aromatic heterocycles. The number of ether oxygens (including phenoxy) is 1. The molecule has 2 fully saturated rings. The third-order valence-electron chi connectivity index (χ3n) is 1.99. The van der Waals surface area contributed by atoms with Gasteiger partial charge >= 0.3 is 6.09 Å². The van der Waals surface area contributed by atoms with Gasteiger partial charge in [0.15, 0.2) is 0 Å². The number of fused-ring (bicyclic) bond motifs is 1. The van der Waals surface area contributed by atoms with Gasteiger partial charge in [-0.25, -0.2) is 4.79 Å². The van der Waals surface area contributed by atoms with Crippen LogP contribution >= 0.6 is 12.4 Å². The Kier molecular flexibility index (Phi) is 2.57. The van der Waals surface area contributed by atoms with E-state index in [1.807, 2.05) is 0 Å². The Bertz CT molecular complexity index is 149. The average molecular weight is 179 g/mol. The SMILES string of the molecule is Cl.O=C1NC2CCNCC2O1. The van der Waals surface area contributed by atoms with Gasteiger partial charge in [0.2, 0.25) is 0 Å². The maximum Gasteiger partial charge on any atom is 0.407 e. The van der Waals surface area contributed by atoms with Crippen LogP contribution in [0.2, 0.25) is 0 Å². The molecular formula is C6H11ClN2O2. The minimum Gasteiger partial charge on any atom is -0.443 e. The lowest BCUT2D eigenvalue weighted by Crippen LogP contribution is -2.45. The number of amides is 1. The minimum atomic E-state index is -0.265. The van der Waals surface area contributed by atoms with Gasteiger partial charge in [-0.2, -0.15) is 0 Å². The Labute approximate surface area is 71.1 Å². The molecule has 2 aliphatic heterocycles. The molecule has 2 rings (SSSR count). The van der Waals surface area contributed by atoms with E-state index >= 15 is 0 Å². The van der Waals surface area contributed by atoms with Crippen LogP contribution in [0, 0.1) is 0 Å². The molecule has 0 saturated carbocycles. The van der Waals surface area contributed by atoms with Crippen molar-refractivity contribution in [3.63, 3.8) is 0 Å². The predicted molar refractivity (Wildman–Crippen MR) is 41.9 cm³/mol. The molecule has 0 aliphatic carbocycles. The Hall–Kier alpha value is -0.480. The van der Waals surface area contributed by atoms with E-state index in [4.69, 9.17) is 4.74 Å². The first kappa shape index (κ1) is 8.62. The second-order valence-electron chi connectivity index (χ2n) is 2.69. The van der Waals surface area contributed by atoms with E-state index in [0.29, 0.717) is 0 Å². The third-order valence-corrected chi connectivity index (χ3v) is 1.99. The summed E-state index contributed by atoms with van der Waals surface area (Å²) in [6, 6.07) is 0.258. The molecule has 2 N–H and O–H groups in total. The number of hydrogen-bond acceptors (Lipinski definition) is 3. The molecule has 2 saturated heterocycles. The quantitative estimate of drug-likeness (QED) is 0.544. The lowest BCUT2D eigenvalue weighted by atomic mass is 10.1. The van der Waals surface area contributed by atoms with Crippen molar-refractivity contribution in [1.82, 2.24) is 10.6 Å². The van der Waals surface area contributed by atoms with Crippen molar-refractivity contribution in [1.29, 1.82) is 0 Å². The number of alkyl carbamates (subject to hydrolysis) is 1. The molecule has 2 heterocycles. The second kappa shape index (κ2) is 3.28. The van der Waals surface area contributed by atoms with Crippen molar-refractivity contribution in [3.05, 3.63) is 0 Å². The van der Waals surface area contributed by atoms with Gasteiger partial charge in [0.05, 0.1) is 6.04 Å². The van der Waals surface area contributed by atoms with E-state index in [2.05, 4.69) is 10.6 Å². The fraction of sp³-hybridized carbons (Fsp3) is 0.833. The van der Waals surface area contributed by atoms with E-state index in [1.165, 1.54) is 0 Å². The number of piperidine rings is 1. The summed E-state index contributed by atoms with van der Waals surface area (Å²) in [6.07, 6.45) is 0.788. The molecule has 0 bridgehead atoms. The summed E-state index contributed by atoms with van der Waals surface area (Å²) in [6.45, 7) is 1.77. The summed E-state index contributed by atoms with van der Waals surface area (Å²) in [7, 11) is 0. The van der Waals surface area contributed by atoms with E-state index in [0.717, 1.165) is 19.5 Å². The number of hydrogen-bond donors (Lipinski definition) is 2. The van der Waals surface area contributed by atoms with Gasteiger partial charge in [-0.05, 0) is 13.0 Å². The van der Waals surface area contributed by atoms with E-state index in [1.54, 1.807) is 0 Å². The fourth-order valence-electron chi connectivity index (χ4n) is 1.44. The van der Waals surface area contributed by atoms with Crippen LogP contribution in [0.1, 0.15) is 6.42 Å². The first-order valence-electron chi connectivity index (χ1n) is 3.54. The largest absolute Gasteiger partial charge is 0.443 e. The smallest absolute Gasteiger partial charge is 0.407 e. The second-order valence-corrected chi connectivity index (χ2v) is 2.69. The Morgan fingerprint density at radius 2 is 2.36 bits per heavy atom. The molecule has 1 amide bonds. The normalized spacial score (nSPS) is 34.7. The number of carbonyl (C=O) groups excluding carboxylic acids is 1. The van der Waals surface area contributed by atoms with E-state index < -0.39 is 0 Å². The monoisotopic (exact) mass is 178 g/mol. The Balaban J connectivity index is 0.000000605. The first-order chi connectivity index (χ1) is 4.86. The third kappa shape index (κ3) is 1.57. The Morgan fingerprint density at radius 3 is 3.09 bits per heavy atom. The zero-order valence-corrected chi connectivity index (χ0v) is 6.82. The van der Waals surface area contributed by atoms with Gasteiger partial charge in [-0.1, -0.05) is 0 Å². The molecule has 0 radical (unpaired) electrons. The summed E-state index contributed by atoms with van der Waals surface area (Å²) in [5.41, 5.74) is 0. The lowest BCUT2D eigenvalue weighted by Gasteiger charge is -2.22. The molecule has 5 heteroatoms. The summed E-state index contributed by atoms with van der Waals surface area (Å²) >= 11 is 0. The predicted octanol–water partition coefficient (Wildman–Crippen LogP) is -0.122. The van der Waals surface area contributed by atoms with Crippen LogP contribution in [0.5, 0.6) is 0 Å². The zero-order valence-electron chi connectivity index (χ0n) is 6.00. The van der Waals surface area contributed by atoms with Crippen LogP contribution < -0.4 is 10.6 Å². The first-order valence-corrected chi connectivity index (χ1v) is 3.54. The molecule has 64 valence electrons. The summed E-state index contributed by atoms with van der Waals surface area (Å²) in [4.78, 5) is 10.6. The number of carbonyl (C=O) groups is 1. The van der Waals surface area contributed by atoms with Crippen molar-refractivity contribution in [3.8, 4) is 0 Å². The van der Waals surface area contributed by atoms with Gasteiger partial charge in [0.25, 0.3) is 0 Å². The van der Waals surface area contributed by atoms with Crippen molar-refractivity contribution >= 4 is 18.5 Å². The van der Waals surface area contributed by atoms with Crippen LogP contribution in [0.15, 0.2) is 0 Å². The van der Waals surface area contributed by atoms with Crippen molar-refractivity contribution in [2.24, 2.45) is 0 Å². The van der Waals surface area contributed by atoms with Gasteiger partial charge in [0.1, 0.15) is 6.10 Å². The highest BCUT2D eigenvalue weighted by atomic mass is 35.5. The average Bonchev–Trinajstić information content (AvgIpc) is 2.27. The summed E-state index contributed by atoms with van der Waals surface area (Å²) in [5.74, 6) is 0. The highest BCUT2D eigenvalue weighted by Gasteiger charge is 2.35. The number of rotatable bonds is 0. The molecule has 0 aromatic carbocycles. The molecule has 11 heavy (non-hydrogen) atoms. The lowest BCUT2D eigenvalue weighted by molar-refractivity contribution is 0.121. The standard InChI is InChI=1S/C6H10N2O2.ClH/c9-6-8-4-1-2-7-3-5(4)10-6;/h4-5,7H,1-3H2,(H,8,9);1H. The van der Waals surface area contributed by atoms with E-state index in [-0.39, 0.29) is 30.6 Å². The maximum atomic E-state index is 10.6. The minimum absolute atomic E-state index is 0.